The summed E-state index contributed by atoms with van der Waals surface area (Å²) < 4.78 is 35.4. The van der Waals surface area contributed by atoms with Crippen molar-refractivity contribution in [2.24, 2.45) is 0 Å². The molecule has 0 aliphatic rings. The molecule has 1 rings (SSSR count). The maximum Gasteiger partial charge on any atom is 0.431 e. The fraction of sp³-hybridized carbons (Fsp3) is 0.200. The molecule has 0 aromatic carbocycles. The minimum atomic E-state index is -4.38. The van der Waals surface area contributed by atoms with Gasteiger partial charge in [-0.1, -0.05) is 0 Å². The van der Waals surface area contributed by atoms with Crippen molar-refractivity contribution in [1.29, 1.82) is 0 Å². The Morgan fingerprint density at radius 3 is 2.45 bits per heavy atom. The molecule has 0 aliphatic heterocycles. The molecule has 0 saturated carbocycles. The summed E-state index contributed by atoms with van der Waals surface area (Å²) >= 11 is 4.40. The number of hydrogen-bond acceptors (Lipinski definition) is 2. The number of aromatic amines is 1. The van der Waals surface area contributed by atoms with E-state index in [1.54, 1.807) is 0 Å². The van der Waals surface area contributed by atoms with E-state index in [0.29, 0.717) is 0 Å². The minimum absolute atomic E-state index is 0.167. The molecule has 11 heavy (non-hydrogen) atoms. The molecule has 1 aromatic rings. The van der Waals surface area contributed by atoms with Crippen LogP contribution < -0.4 is 0 Å². The lowest BCUT2D eigenvalue weighted by Crippen LogP contribution is -2.07. The second-order valence-corrected chi connectivity index (χ2v) is 2.17. The number of hydrogen-bond donors (Lipinski definition) is 1. The second-order valence-electron chi connectivity index (χ2n) is 1.79. The van der Waals surface area contributed by atoms with Gasteiger partial charge in [-0.15, -0.1) is 0 Å². The van der Waals surface area contributed by atoms with Gasteiger partial charge in [0.05, 0.1) is 0 Å². The molecular weight excluding hydrogens is 177 g/mol. The number of aromatic nitrogens is 2. The first-order valence-corrected chi connectivity index (χ1v) is 3.03. The maximum absolute atomic E-state index is 11.9. The van der Waals surface area contributed by atoms with Crippen LogP contribution in [0.3, 0.4) is 0 Å². The number of rotatable bonds is 0. The number of halogens is 3. The number of alkyl halides is 3. The molecule has 1 aromatic heterocycles. The van der Waals surface area contributed by atoms with Crippen LogP contribution in [-0.4, -0.2) is 9.97 Å². The van der Waals surface area contributed by atoms with Crippen LogP contribution in [0.4, 0.5) is 13.2 Å². The van der Waals surface area contributed by atoms with Gasteiger partial charge >= 0.3 is 6.18 Å². The van der Waals surface area contributed by atoms with Crippen molar-refractivity contribution in [3.8, 4) is 0 Å². The summed E-state index contributed by atoms with van der Waals surface area (Å²) in [5, 5.41) is 0. The van der Waals surface area contributed by atoms with Crippen LogP contribution in [0.1, 0.15) is 5.69 Å². The molecular formula is C5H3F3N2S. The third kappa shape index (κ3) is 2.01. The van der Waals surface area contributed by atoms with Gasteiger partial charge in [-0.05, 0) is 18.3 Å². The van der Waals surface area contributed by atoms with E-state index in [2.05, 4.69) is 17.2 Å². The molecule has 0 atom stereocenters. The van der Waals surface area contributed by atoms with E-state index >= 15 is 0 Å². The monoisotopic (exact) mass is 180 g/mol. The Morgan fingerprint density at radius 2 is 2.09 bits per heavy atom. The highest BCUT2D eigenvalue weighted by Gasteiger charge is 2.31. The fourth-order valence-corrected chi connectivity index (χ4v) is 0.705. The fourth-order valence-electron chi connectivity index (χ4n) is 0.534. The van der Waals surface area contributed by atoms with Gasteiger partial charge in [-0.25, -0.2) is 4.98 Å². The molecule has 60 valence electrons. The zero-order chi connectivity index (χ0) is 8.48. The molecule has 2 nitrogen and oxygen atoms in total. The Balaban J connectivity index is 3.16. The van der Waals surface area contributed by atoms with Gasteiger partial charge in [0.25, 0.3) is 0 Å². The highest BCUT2D eigenvalue weighted by Crippen LogP contribution is 2.26. The van der Waals surface area contributed by atoms with E-state index in [-0.39, 0.29) is 4.77 Å². The SMILES string of the molecule is FC(F)(F)c1ccnc(=S)[nH]1. The Morgan fingerprint density at radius 1 is 1.45 bits per heavy atom. The molecule has 0 amide bonds. The van der Waals surface area contributed by atoms with Crippen molar-refractivity contribution in [3.63, 3.8) is 0 Å². The summed E-state index contributed by atoms with van der Waals surface area (Å²) in [5.41, 5.74) is -0.877. The molecule has 1 heterocycles. The van der Waals surface area contributed by atoms with E-state index in [1.807, 2.05) is 4.98 Å². The third-order valence-electron chi connectivity index (χ3n) is 0.980. The summed E-state index contributed by atoms with van der Waals surface area (Å²) in [6.45, 7) is 0. The summed E-state index contributed by atoms with van der Waals surface area (Å²) in [4.78, 5) is 5.34. The van der Waals surface area contributed by atoms with Gasteiger partial charge in [-0.3, -0.25) is 0 Å². The molecule has 1 N–H and O–H groups in total. The smallest absolute Gasteiger partial charge is 0.327 e. The lowest BCUT2D eigenvalue weighted by Gasteiger charge is -2.03. The largest absolute Gasteiger partial charge is 0.431 e. The maximum atomic E-state index is 11.9. The van der Waals surface area contributed by atoms with Crippen LogP contribution in [-0.2, 0) is 6.18 Å². The average molecular weight is 180 g/mol. The van der Waals surface area contributed by atoms with Crippen LogP contribution >= 0.6 is 12.2 Å². The zero-order valence-corrected chi connectivity index (χ0v) is 5.96. The van der Waals surface area contributed by atoms with Crippen LogP contribution in [0, 0.1) is 4.77 Å². The minimum Gasteiger partial charge on any atom is -0.327 e. The average Bonchev–Trinajstić information content (AvgIpc) is 1.86. The Kier molecular flexibility index (Phi) is 1.95. The molecule has 6 heteroatoms. The van der Waals surface area contributed by atoms with Gasteiger partial charge in [0.15, 0.2) is 4.77 Å². The van der Waals surface area contributed by atoms with E-state index in [1.165, 1.54) is 0 Å². The van der Waals surface area contributed by atoms with Crippen LogP contribution in [0.25, 0.3) is 0 Å². The number of nitrogens with one attached hydrogen (secondary N) is 1. The number of nitrogens with zero attached hydrogens (tertiary/aromatic N) is 1. The van der Waals surface area contributed by atoms with E-state index in [0.717, 1.165) is 12.3 Å². The lowest BCUT2D eigenvalue weighted by molar-refractivity contribution is -0.141. The Hall–Kier alpha value is -0.910. The zero-order valence-electron chi connectivity index (χ0n) is 5.14. The van der Waals surface area contributed by atoms with Crippen molar-refractivity contribution >= 4 is 12.2 Å². The van der Waals surface area contributed by atoms with Gasteiger partial charge in [0.1, 0.15) is 5.69 Å². The predicted molar refractivity (Wildman–Crippen MR) is 34.4 cm³/mol. The summed E-state index contributed by atoms with van der Waals surface area (Å²) in [5.74, 6) is 0. The summed E-state index contributed by atoms with van der Waals surface area (Å²) in [6.07, 6.45) is -3.36. The summed E-state index contributed by atoms with van der Waals surface area (Å²) in [7, 11) is 0. The molecule has 0 radical (unpaired) electrons. The number of H-pyrrole nitrogens is 1. The first-order chi connectivity index (χ1) is 5.00. The molecule has 0 bridgehead atoms. The van der Waals surface area contributed by atoms with Crippen molar-refractivity contribution in [3.05, 3.63) is 22.7 Å². The van der Waals surface area contributed by atoms with E-state index in [4.69, 9.17) is 0 Å². The first-order valence-electron chi connectivity index (χ1n) is 2.62. The van der Waals surface area contributed by atoms with Crippen LogP contribution in [0.15, 0.2) is 12.3 Å². The van der Waals surface area contributed by atoms with Gasteiger partial charge in [-0.2, -0.15) is 13.2 Å². The normalized spacial score (nSPS) is 11.5. The standard InChI is InChI=1S/C5H3F3N2S/c6-5(7,8)3-1-2-9-4(11)10-3/h1-2H,(H,9,10,11). The van der Waals surface area contributed by atoms with Crippen molar-refractivity contribution in [2.45, 2.75) is 6.18 Å². The first kappa shape index (κ1) is 8.19. The van der Waals surface area contributed by atoms with Gasteiger partial charge in [0.2, 0.25) is 0 Å². The molecule has 0 fully saturated rings. The lowest BCUT2D eigenvalue weighted by atomic mass is 10.4. The third-order valence-corrected chi connectivity index (χ3v) is 1.19. The van der Waals surface area contributed by atoms with E-state index < -0.39 is 11.9 Å². The Labute approximate surface area is 65.1 Å². The van der Waals surface area contributed by atoms with Crippen molar-refractivity contribution < 1.29 is 13.2 Å². The van der Waals surface area contributed by atoms with Crippen LogP contribution in [0.2, 0.25) is 0 Å². The highest BCUT2D eigenvalue weighted by atomic mass is 32.1. The molecule has 0 saturated heterocycles. The van der Waals surface area contributed by atoms with Crippen molar-refractivity contribution in [1.82, 2.24) is 9.97 Å². The Bertz CT molecular complexity index is 303. The highest BCUT2D eigenvalue weighted by molar-refractivity contribution is 7.71. The predicted octanol–water partition coefficient (Wildman–Crippen LogP) is 2.16. The second kappa shape index (κ2) is 2.61. The van der Waals surface area contributed by atoms with E-state index in [9.17, 15) is 13.2 Å². The topological polar surface area (TPSA) is 28.7 Å². The van der Waals surface area contributed by atoms with Gasteiger partial charge < -0.3 is 4.98 Å². The quantitative estimate of drug-likeness (QED) is 0.620. The molecule has 0 unspecified atom stereocenters. The van der Waals surface area contributed by atoms with Crippen molar-refractivity contribution in [2.75, 3.05) is 0 Å². The summed E-state index contributed by atoms with van der Waals surface area (Å²) in [6, 6.07) is 0.829. The van der Waals surface area contributed by atoms with Crippen LogP contribution in [0.5, 0.6) is 0 Å². The molecule has 0 spiro atoms. The molecule has 0 aliphatic carbocycles. The van der Waals surface area contributed by atoms with Gasteiger partial charge in [0, 0.05) is 6.20 Å².